The van der Waals surface area contributed by atoms with Crippen LogP contribution < -0.4 is 0 Å². The molecular weight excluding hydrogens is 249 g/mol. The van der Waals surface area contributed by atoms with Crippen LogP contribution in [0.25, 0.3) is 11.1 Å². The Labute approximate surface area is 110 Å². The van der Waals surface area contributed by atoms with E-state index in [0.29, 0.717) is 6.42 Å². The Morgan fingerprint density at radius 2 is 1.83 bits per heavy atom. The Balaban J connectivity index is 2.43. The van der Waals surface area contributed by atoms with Crippen LogP contribution >= 0.6 is 11.6 Å². The van der Waals surface area contributed by atoms with Gasteiger partial charge in [-0.3, -0.25) is 0 Å². The molecule has 0 N–H and O–H groups in total. The van der Waals surface area contributed by atoms with Crippen LogP contribution in [0, 0.1) is 24.1 Å². The molecule has 0 fully saturated rings. The normalized spacial score (nSPS) is 10.1. The molecule has 0 aliphatic rings. The SMILES string of the molecule is Cc1cc(-c2ccc(Cl)c(F)c2)ccc1CC#N. The van der Waals surface area contributed by atoms with E-state index in [4.69, 9.17) is 16.9 Å². The second-order valence-corrected chi connectivity index (χ2v) is 4.51. The van der Waals surface area contributed by atoms with Crippen molar-refractivity contribution in [2.45, 2.75) is 13.3 Å². The maximum atomic E-state index is 13.4. The van der Waals surface area contributed by atoms with Crippen molar-refractivity contribution in [3.63, 3.8) is 0 Å². The molecule has 3 heteroatoms. The third-order valence-corrected chi connectivity index (χ3v) is 3.17. The minimum absolute atomic E-state index is 0.122. The second kappa shape index (κ2) is 5.20. The van der Waals surface area contributed by atoms with Gasteiger partial charge in [-0.25, -0.2) is 4.39 Å². The number of rotatable bonds is 2. The van der Waals surface area contributed by atoms with Gasteiger partial charge in [-0.15, -0.1) is 0 Å². The van der Waals surface area contributed by atoms with Crippen LogP contribution in [0.1, 0.15) is 11.1 Å². The summed E-state index contributed by atoms with van der Waals surface area (Å²) in [5.74, 6) is -0.423. The highest BCUT2D eigenvalue weighted by Gasteiger charge is 2.05. The molecule has 0 saturated heterocycles. The zero-order chi connectivity index (χ0) is 13.1. The van der Waals surface area contributed by atoms with E-state index in [1.807, 2.05) is 25.1 Å². The molecule has 0 atom stereocenters. The summed E-state index contributed by atoms with van der Waals surface area (Å²) in [4.78, 5) is 0. The standard InChI is InChI=1S/C15H11ClFN/c1-10-8-12(3-2-11(10)6-7-18)13-4-5-14(16)15(17)9-13/h2-5,8-9H,6H2,1H3. The molecule has 0 unspecified atom stereocenters. The monoisotopic (exact) mass is 259 g/mol. The lowest BCUT2D eigenvalue weighted by atomic mass is 9.98. The van der Waals surface area contributed by atoms with E-state index in [1.165, 1.54) is 6.07 Å². The number of nitrogens with zero attached hydrogens (tertiary/aromatic N) is 1. The van der Waals surface area contributed by atoms with E-state index in [-0.39, 0.29) is 5.02 Å². The lowest BCUT2D eigenvalue weighted by Crippen LogP contribution is -1.89. The van der Waals surface area contributed by atoms with E-state index >= 15 is 0 Å². The highest BCUT2D eigenvalue weighted by Crippen LogP contribution is 2.26. The first-order chi connectivity index (χ1) is 8.61. The van der Waals surface area contributed by atoms with Crippen molar-refractivity contribution in [3.05, 3.63) is 58.4 Å². The van der Waals surface area contributed by atoms with Gasteiger partial charge < -0.3 is 0 Å². The lowest BCUT2D eigenvalue weighted by Gasteiger charge is -2.07. The molecule has 2 aromatic rings. The summed E-state index contributed by atoms with van der Waals surface area (Å²) in [5, 5.41) is 8.80. The van der Waals surface area contributed by atoms with Crippen LogP contribution in [-0.4, -0.2) is 0 Å². The Morgan fingerprint density at radius 1 is 1.17 bits per heavy atom. The van der Waals surface area contributed by atoms with Crippen LogP contribution in [-0.2, 0) is 6.42 Å². The van der Waals surface area contributed by atoms with Gasteiger partial charge in [-0.1, -0.05) is 35.9 Å². The molecule has 0 heterocycles. The maximum absolute atomic E-state index is 13.4. The number of hydrogen-bond donors (Lipinski definition) is 0. The summed E-state index contributed by atoms with van der Waals surface area (Å²) in [6.45, 7) is 1.95. The summed E-state index contributed by atoms with van der Waals surface area (Å²) >= 11 is 5.65. The molecule has 90 valence electrons. The summed E-state index contributed by atoms with van der Waals surface area (Å²) in [5.41, 5.74) is 3.73. The molecule has 2 aromatic carbocycles. The highest BCUT2D eigenvalue weighted by molar-refractivity contribution is 6.30. The van der Waals surface area contributed by atoms with Gasteiger partial charge >= 0.3 is 0 Å². The van der Waals surface area contributed by atoms with Crippen LogP contribution in [0.2, 0.25) is 5.02 Å². The second-order valence-electron chi connectivity index (χ2n) is 4.11. The maximum Gasteiger partial charge on any atom is 0.142 e. The zero-order valence-corrected chi connectivity index (χ0v) is 10.6. The van der Waals surface area contributed by atoms with Crippen molar-refractivity contribution in [2.75, 3.05) is 0 Å². The lowest BCUT2D eigenvalue weighted by molar-refractivity contribution is 0.629. The molecule has 0 saturated carbocycles. The summed E-state index contributed by atoms with van der Waals surface area (Å²) in [6, 6.07) is 12.6. The molecule has 0 radical (unpaired) electrons. The molecule has 2 rings (SSSR count). The first kappa shape index (κ1) is 12.6. The topological polar surface area (TPSA) is 23.8 Å². The van der Waals surface area contributed by atoms with Gasteiger partial charge in [0.1, 0.15) is 5.82 Å². The van der Waals surface area contributed by atoms with Gasteiger partial charge in [0, 0.05) is 0 Å². The van der Waals surface area contributed by atoms with Crippen molar-refractivity contribution < 1.29 is 4.39 Å². The Kier molecular flexibility index (Phi) is 3.64. The molecule has 0 aliphatic carbocycles. The largest absolute Gasteiger partial charge is 0.205 e. The van der Waals surface area contributed by atoms with Crippen molar-refractivity contribution in [3.8, 4) is 17.2 Å². The first-order valence-electron chi connectivity index (χ1n) is 5.53. The summed E-state index contributed by atoms with van der Waals surface area (Å²) in [6.07, 6.45) is 0.390. The van der Waals surface area contributed by atoms with E-state index in [9.17, 15) is 4.39 Å². The molecule has 0 aromatic heterocycles. The Morgan fingerprint density at radius 3 is 2.44 bits per heavy atom. The van der Waals surface area contributed by atoms with E-state index < -0.39 is 5.82 Å². The van der Waals surface area contributed by atoms with Crippen molar-refractivity contribution >= 4 is 11.6 Å². The minimum atomic E-state index is -0.423. The number of nitriles is 1. The van der Waals surface area contributed by atoms with E-state index in [1.54, 1.807) is 12.1 Å². The summed E-state index contributed by atoms with van der Waals surface area (Å²) < 4.78 is 13.4. The first-order valence-corrected chi connectivity index (χ1v) is 5.91. The quantitative estimate of drug-likeness (QED) is 0.778. The fourth-order valence-corrected chi connectivity index (χ4v) is 1.95. The predicted octanol–water partition coefficient (Wildman–Crippen LogP) is 4.52. The molecule has 18 heavy (non-hydrogen) atoms. The molecular formula is C15H11ClFN. The third-order valence-electron chi connectivity index (χ3n) is 2.87. The van der Waals surface area contributed by atoms with Gasteiger partial charge in [-0.2, -0.15) is 5.26 Å². The number of aryl methyl sites for hydroxylation is 1. The van der Waals surface area contributed by atoms with Crippen molar-refractivity contribution in [1.82, 2.24) is 0 Å². The van der Waals surface area contributed by atoms with Crippen LogP contribution in [0.3, 0.4) is 0 Å². The summed E-state index contributed by atoms with van der Waals surface area (Å²) in [7, 11) is 0. The van der Waals surface area contributed by atoms with E-state index in [2.05, 4.69) is 6.07 Å². The van der Waals surface area contributed by atoms with Gasteiger partial charge in [0.2, 0.25) is 0 Å². The van der Waals surface area contributed by atoms with Crippen LogP contribution in [0.4, 0.5) is 4.39 Å². The van der Waals surface area contributed by atoms with Crippen molar-refractivity contribution in [2.24, 2.45) is 0 Å². The number of halogens is 2. The average molecular weight is 260 g/mol. The minimum Gasteiger partial charge on any atom is -0.205 e. The van der Waals surface area contributed by atoms with E-state index in [0.717, 1.165) is 22.3 Å². The fourth-order valence-electron chi connectivity index (χ4n) is 1.83. The molecule has 0 spiro atoms. The van der Waals surface area contributed by atoms with Crippen molar-refractivity contribution in [1.29, 1.82) is 5.26 Å². The highest BCUT2D eigenvalue weighted by atomic mass is 35.5. The molecule has 0 bridgehead atoms. The fraction of sp³-hybridized carbons (Fsp3) is 0.133. The van der Waals surface area contributed by atoms with Gasteiger partial charge in [0.05, 0.1) is 17.5 Å². The smallest absolute Gasteiger partial charge is 0.142 e. The molecule has 1 nitrogen and oxygen atoms in total. The Bertz CT molecular complexity index is 629. The van der Waals surface area contributed by atoms with Gasteiger partial charge in [-0.05, 0) is 41.3 Å². The predicted molar refractivity (Wildman–Crippen MR) is 70.9 cm³/mol. The molecule has 0 amide bonds. The van der Waals surface area contributed by atoms with Gasteiger partial charge in [0.25, 0.3) is 0 Å². The third kappa shape index (κ3) is 2.52. The van der Waals surface area contributed by atoms with Gasteiger partial charge in [0.15, 0.2) is 0 Å². The average Bonchev–Trinajstić information content (AvgIpc) is 2.35. The van der Waals surface area contributed by atoms with Crippen LogP contribution in [0.15, 0.2) is 36.4 Å². The number of benzene rings is 2. The molecule has 0 aliphatic heterocycles. The van der Waals surface area contributed by atoms with Crippen LogP contribution in [0.5, 0.6) is 0 Å². The number of hydrogen-bond acceptors (Lipinski definition) is 1. The Hall–Kier alpha value is -1.85. The zero-order valence-electron chi connectivity index (χ0n) is 9.87.